The molecule has 20 heavy (non-hydrogen) atoms. The Morgan fingerprint density at radius 1 is 1.25 bits per heavy atom. The number of methoxy groups -OCH3 is 1. The topological polar surface area (TPSA) is 75.6 Å². The van der Waals surface area contributed by atoms with Crippen molar-refractivity contribution in [3.8, 4) is 0 Å². The molecule has 0 aliphatic carbocycles. The van der Waals surface area contributed by atoms with Gasteiger partial charge in [0.25, 0.3) is 0 Å². The van der Waals surface area contributed by atoms with Gasteiger partial charge in [0.05, 0.1) is 18.1 Å². The van der Waals surface area contributed by atoms with Crippen LogP contribution < -0.4 is 5.32 Å². The van der Waals surface area contributed by atoms with Crippen molar-refractivity contribution in [2.75, 3.05) is 13.7 Å². The van der Waals surface area contributed by atoms with Gasteiger partial charge in [-0.3, -0.25) is 4.79 Å². The van der Waals surface area contributed by atoms with E-state index in [9.17, 15) is 9.59 Å². The standard InChI is InChI=1S/C15H21NO4/c1-15(2,14(18)19)8-9-16-10-11-4-6-12(7-5-11)13(17)20-3/h4-7,16H,8-10H2,1-3H3,(H,18,19). The molecule has 0 bridgehead atoms. The normalized spacial score (nSPS) is 11.2. The lowest BCUT2D eigenvalue weighted by molar-refractivity contribution is -0.147. The number of carbonyl (C=O) groups is 2. The summed E-state index contributed by atoms with van der Waals surface area (Å²) >= 11 is 0. The predicted octanol–water partition coefficient (Wildman–Crippen LogP) is 2.06. The van der Waals surface area contributed by atoms with Gasteiger partial charge < -0.3 is 15.2 Å². The molecule has 0 unspecified atom stereocenters. The molecule has 0 aromatic heterocycles. The summed E-state index contributed by atoms with van der Waals surface area (Å²) in [6.45, 7) is 4.68. The van der Waals surface area contributed by atoms with Crippen LogP contribution >= 0.6 is 0 Å². The molecule has 110 valence electrons. The van der Waals surface area contributed by atoms with Gasteiger partial charge in [0.1, 0.15) is 0 Å². The summed E-state index contributed by atoms with van der Waals surface area (Å²) in [6, 6.07) is 7.12. The van der Waals surface area contributed by atoms with E-state index in [1.165, 1.54) is 7.11 Å². The van der Waals surface area contributed by atoms with Gasteiger partial charge in [-0.1, -0.05) is 12.1 Å². The maximum atomic E-state index is 11.3. The minimum Gasteiger partial charge on any atom is -0.481 e. The van der Waals surface area contributed by atoms with Crippen LogP contribution in [0.25, 0.3) is 0 Å². The summed E-state index contributed by atoms with van der Waals surface area (Å²) < 4.78 is 4.62. The van der Waals surface area contributed by atoms with Gasteiger partial charge in [0.15, 0.2) is 0 Å². The third kappa shape index (κ3) is 4.66. The molecular formula is C15H21NO4. The first kappa shape index (κ1) is 16.2. The molecule has 1 rings (SSSR count). The molecule has 0 amide bonds. The zero-order valence-electron chi connectivity index (χ0n) is 12.1. The Hall–Kier alpha value is -1.88. The predicted molar refractivity (Wildman–Crippen MR) is 75.5 cm³/mol. The lowest BCUT2D eigenvalue weighted by Crippen LogP contribution is -2.28. The quantitative estimate of drug-likeness (QED) is 0.590. The number of nitrogens with one attached hydrogen (secondary N) is 1. The molecule has 0 spiro atoms. The van der Waals surface area contributed by atoms with Crippen LogP contribution in [0, 0.1) is 5.41 Å². The van der Waals surface area contributed by atoms with Crippen LogP contribution in [0.3, 0.4) is 0 Å². The highest BCUT2D eigenvalue weighted by Crippen LogP contribution is 2.19. The number of carboxylic acid groups (broad SMARTS) is 1. The Morgan fingerprint density at radius 3 is 2.35 bits per heavy atom. The van der Waals surface area contributed by atoms with E-state index in [1.807, 2.05) is 12.1 Å². The summed E-state index contributed by atoms with van der Waals surface area (Å²) in [5.74, 6) is -1.14. The minimum atomic E-state index is -0.790. The number of esters is 1. The number of benzene rings is 1. The Labute approximate surface area is 118 Å². The molecule has 0 radical (unpaired) electrons. The van der Waals surface area contributed by atoms with Gasteiger partial charge in [-0.15, -0.1) is 0 Å². The first-order chi connectivity index (χ1) is 9.36. The van der Waals surface area contributed by atoms with Gasteiger partial charge in [0.2, 0.25) is 0 Å². The van der Waals surface area contributed by atoms with Gasteiger partial charge in [-0.05, 0) is 44.5 Å². The van der Waals surface area contributed by atoms with Crippen LogP contribution in [0.1, 0.15) is 36.2 Å². The summed E-state index contributed by atoms with van der Waals surface area (Å²) in [5.41, 5.74) is 0.830. The number of carboxylic acids is 1. The van der Waals surface area contributed by atoms with Crippen LogP contribution in [0.5, 0.6) is 0 Å². The van der Waals surface area contributed by atoms with Crippen LogP contribution in [-0.4, -0.2) is 30.7 Å². The van der Waals surface area contributed by atoms with Gasteiger partial charge in [-0.25, -0.2) is 4.79 Å². The van der Waals surface area contributed by atoms with Crippen molar-refractivity contribution in [3.63, 3.8) is 0 Å². The summed E-state index contributed by atoms with van der Waals surface area (Å²) in [5, 5.41) is 12.2. The molecule has 0 aliphatic rings. The van der Waals surface area contributed by atoms with E-state index in [0.717, 1.165) is 5.56 Å². The molecule has 0 saturated heterocycles. The van der Waals surface area contributed by atoms with E-state index in [1.54, 1.807) is 26.0 Å². The molecule has 2 N–H and O–H groups in total. The molecule has 0 atom stereocenters. The number of ether oxygens (including phenoxy) is 1. The molecular weight excluding hydrogens is 258 g/mol. The van der Waals surface area contributed by atoms with Crippen molar-refractivity contribution < 1.29 is 19.4 Å². The van der Waals surface area contributed by atoms with Gasteiger partial charge in [-0.2, -0.15) is 0 Å². The summed E-state index contributed by atoms with van der Waals surface area (Å²) in [4.78, 5) is 22.2. The molecule has 1 aromatic carbocycles. The van der Waals surface area contributed by atoms with E-state index in [0.29, 0.717) is 25.1 Å². The molecule has 5 heteroatoms. The van der Waals surface area contributed by atoms with Gasteiger partial charge >= 0.3 is 11.9 Å². The van der Waals surface area contributed by atoms with E-state index in [2.05, 4.69) is 10.1 Å². The van der Waals surface area contributed by atoms with Crippen molar-refractivity contribution in [2.24, 2.45) is 5.41 Å². The smallest absolute Gasteiger partial charge is 0.337 e. The van der Waals surface area contributed by atoms with E-state index >= 15 is 0 Å². The number of hydrogen-bond donors (Lipinski definition) is 2. The third-order valence-electron chi connectivity index (χ3n) is 3.21. The Bertz CT molecular complexity index is 465. The van der Waals surface area contributed by atoms with Crippen molar-refractivity contribution in [2.45, 2.75) is 26.8 Å². The highest BCUT2D eigenvalue weighted by atomic mass is 16.5. The van der Waals surface area contributed by atoms with Crippen molar-refractivity contribution in [3.05, 3.63) is 35.4 Å². The van der Waals surface area contributed by atoms with Crippen molar-refractivity contribution in [1.29, 1.82) is 0 Å². The molecule has 0 saturated carbocycles. The Morgan fingerprint density at radius 2 is 1.85 bits per heavy atom. The minimum absolute atomic E-state index is 0.354. The van der Waals surface area contributed by atoms with Crippen molar-refractivity contribution >= 4 is 11.9 Å². The summed E-state index contributed by atoms with van der Waals surface area (Å²) in [6.07, 6.45) is 0.558. The lowest BCUT2D eigenvalue weighted by atomic mass is 9.90. The molecule has 5 nitrogen and oxygen atoms in total. The second kappa shape index (κ2) is 7.05. The van der Waals surface area contributed by atoms with Crippen LogP contribution in [-0.2, 0) is 16.1 Å². The lowest BCUT2D eigenvalue weighted by Gasteiger charge is -2.18. The summed E-state index contributed by atoms with van der Waals surface area (Å²) in [7, 11) is 1.35. The second-order valence-electron chi connectivity index (χ2n) is 5.30. The molecule has 0 aliphatic heterocycles. The molecule has 0 heterocycles. The zero-order chi connectivity index (χ0) is 15.2. The SMILES string of the molecule is COC(=O)c1ccc(CNCCC(C)(C)C(=O)O)cc1. The highest BCUT2D eigenvalue weighted by molar-refractivity contribution is 5.89. The number of aliphatic carboxylic acids is 1. The third-order valence-corrected chi connectivity index (χ3v) is 3.21. The zero-order valence-corrected chi connectivity index (χ0v) is 12.1. The number of rotatable bonds is 7. The fourth-order valence-electron chi connectivity index (χ4n) is 1.62. The maximum absolute atomic E-state index is 11.3. The Balaban J connectivity index is 2.40. The van der Waals surface area contributed by atoms with Crippen LogP contribution in [0.4, 0.5) is 0 Å². The average Bonchev–Trinajstić information content (AvgIpc) is 2.43. The second-order valence-corrected chi connectivity index (χ2v) is 5.30. The van der Waals surface area contributed by atoms with E-state index < -0.39 is 11.4 Å². The molecule has 0 fully saturated rings. The first-order valence-corrected chi connectivity index (χ1v) is 6.48. The number of hydrogen-bond acceptors (Lipinski definition) is 4. The largest absolute Gasteiger partial charge is 0.481 e. The average molecular weight is 279 g/mol. The van der Waals surface area contributed by atoms with Crippen LogP contribution in [0.15, 0.2) is 24.3 Å². The van der Waals surface area contributed by atoms with Gasteiger partial charge in [0, 0.05) is 6.54 Å². The highest BCUT2D eigenvalue weighted by Gasteiger charge is 2.25. The first-order valence-electron chi connectivity index (χ1n) is 6.48. The van der Waals surface area contributed by atoms with E-state index in [4.69, 9.17) is 5.11 Å². The van der Waals surface area contributed by atoms with Crippen molar-refractivity contribution in [1.82, 2.24) is 5.32 Å². The monoisotopic (exact) mass is 279 g/mol. The van der Waals surface area contributed by atoms with Crippen LogP contribution in [0.2, 0.25) is 0 Å². The fraction of sp³-hybridized carbons (Fsp3) is 0.467. The maximum Gasteiger partial charge on any atom is 0.337 e. The Kier molecular flexibility index (Phi) is 5.70. The molecule has 1 aromatic rings. The van der Waals surface area contributed by atoms with E-state index in [-0.39, 0.29) is 5.97 Å². The number of carbonyl (C=O) groups excluding carboxylic acids is 1. The fourth-order valence-corrected chi connectivity index (χ4v) is 1.62.